The van der Waals surface area contributed by atoms with E-state index in [1.807, 2.05) is 36.4 Å². The number of ketones is 1. The molecule has 0 aromatic heterocycles. The monoisotopic (exact) mass is 445 g/mol. The predicted octanol–water partition coefficient (Wildman–Crippen LogP) is 3.33. The van der Waals surface area contributed by atoms with Crippen LogP contribution in [0.1, 0.15) is 12.5 Å². The van der Waals surface area contributed by atoms with Gasteiger partial charge in [-0.15, -0.1) is 0 Å². The van der Waals surface area contributed by atoms with Gasteiger partial charge in [-0.25, -0.2) is 8.42 Å². The van der Waals surface area contributed by atoms with Crippen LogP contribution < -0.4 is 0 Å². The molecule has 0 heterocycles. The van der Waals surface area contributed by atoms with E-state index in [0.29, 0.717) is 0 Å². The summed E-state index contributed by atoms with van der Waals surface area (Å²) in [5.41, 5.74) is 1.01. The largest absolute Gasteiger partial charge is 0.295 e. The Bertz CT molecular complexity index is 738. The summed E-state index contributed by atoms with van der Waals surface area (Å²) in [4.78, 5) is 11.9. The molecule has 0 amide bonds. The lowest BCUT2D eigenvalue weighted by Crippen LogP contribution is -2.37. The maximum Gasteiger partial charge on any atom is 0.243 e. The Morgan fingerprint density at radius 1 is 1.30 bits per heavy atom. The van der Waals surface area contributed by atoms with Gasteiger partial charge in [0.1, 0.15) is 0 Å². The number of hydrogen-bond donors (Lipinski definition) is 0. The normalized spacial score (nSPS) is 21.1. The Labute approximate surface area is 151 Å². The highest BCUT2D eigenvalue weighted by Gasteiger charge is 2.32. The fourth-order valence-corrected chi connectivity index (χ4v) is 4.62. The van der Waals surface area contributed by atoms with E-state index in [0.717, 1.165) is 9.14 Å². The molecule has 0 bridgehead atoms. The zero-order valence-corrected chi connectivity index (χ0v) is 16.2. The fourth-order valence-electron chi connectivity index (χ4n) is 2.50. The summed E-state index contributed by atoms with van der Waals surface area (Å²) in [6, 6.07) is 6.80. The molecule has 1 aromatic carbocycles. The second kappa shape index (κ2) is 7.27. The average molecular weight is 445 g/mol. The van der Waals surface area contributed by atoms with Gasteiger partial charge in [-0.1, -0.05) is 37.3 Å². The van der Waals surface area contributed by atoms with Crippen LogP contribution in [0.3, 0.4) is 0 Å². The SMILES string of the molecule is C=C(I)CN(C[C@@H]1C=CC(=O)[C@H]1C)S(=O)(=O)c1ccc(C)cc1. The third kappa shape index (κ3) is 4.30. The number of carbonyl (C=O) groups excluding carboxylic acids is 1. The van der Waals surface area contributed by atoms with Crippen molar-refractivity contribution in [3.05, 3.63) is 52.1 Å². The highest BCUT2D eigenvalue weighted by Crippen LogP contribution is 2.27. The zero-order valence-electron chi connectivity index (χ0n) is 13.2. The molecule has 2 rings (SSSR count). The molecule has 1 aromatic rings. The maximum atomic E-state index is 12.9. The van der Waals surface area contributed by atoms with Crippen LogP contribution in [0.15, 0.2) is 51.5 Å². The Morgan fingerprint density at radius 2 is 1.91 bits per heavy atom. The van der Waals surface area contributed by atoms with Gasteiger partial charge in [0.2, 0.25) is 10.0 Å². The van der Waals surface area contributed by atoms with Crippen LogP contribution in [0, 0.1) is 18.8 Å². The molecule has 0 saturated carbocycles. The van der Waals surface area contributed by atoms with Crippen LogP contribution in [0.4, 0.5) is 0 Å². The Hall–Kier alpha value is -0.990. The first-order valence-electron chi connectivity index (χ1n) is 7.34. The standard InChI is InChI=1S/C17H20INO3S/c1-12-4-7-16(8-5-12)23(21,22)19(10-13(2)18)11-15-6-9-17(20)14(15)3/h4-9,14-15H,2,10-11H2,1,3H3/t14-,15-/m0/s1. The summed E-state index contributed by atoms with van der Waals surface area (Å²) in [5, 5.41) is 0. The fraction of sp³-hybridized carbons (Fsp3) is 0.353. The van der Waals surface area contributed by atoms with E-state index in [-0.39, 0.29) is 35.6 Å². The van der Waals surface area contributed by atoms with Gasteiger partial charge in [-0.05, 0) is 51.3 Å². The number of benzene rings is 1. The summed E-state index contributed by atoms with van der Waals surface area (Å²) < 4.78 is 28.0. The predicted molar refractivity (Wildman–Crippen MR) is 99.9 cm³/mol. The molecule has 0 spiro atoms. The molecule has 0 N–H and O–H groups in total. The molecule has 23 heavy (non-hydrogen) atoms. The van der Waals surface area contributed by atoms with Crippen LogP contribution in [-0.2, 0) is 14.8 Å². The summed E-state index contributed by atoms with van der Waals surface area (Å²) in [6.45, 7) is 8.09. The number of rotatable bonds is 6. The Balaban J connectivity index is 2.30. The topological polar surface area (TPSA) is 54.5 Å². The van der Waals surface area contributed by atoms with E-state index >= 15 is 0 Å². The minimum atomic E-state index is -3.62. The number of halogens is 1. The summed E-state index contributed by atoms with van der Waals surface area (Å²) in [7, 11) is -3.62. The molecule has 0 aliphatic heterocycles. The van der Waals surface area contributed by atoms with Crippen molar-refractivity contribution in [2.45, 2.75) is 18.7 Å². The van der Waals surface area contributed by atoms with E-state index in [4.69, 9.17) is 0 Å². The third-order valence-electron chi connectivity index (χ3n) is 4.02. The number of aryl methyl sites for hydroxylation is 1. The lowest BCUT2D eigenvalue weighted by Gasteiger charge is -2.26. The smallest absolute Gasteiger partial charge is 0.243 e. The van der Waals surface area contributed by atoms with E-state index in [1.165, 1.54) is 4.31 Å². The van der Waals surface area contributed by atoms with Crippen molar-refractivity contribution < 1.29 is 13.2 Å². The molecule has 0 unspecified atom stereocenters. The van der Waals surface area contributed by atoms with E-state index < -0.39 is 10.0 Å². The van der Waals surface area contributed by atoms with Crippen LogP contribution in [0.25, 0.3) is 0 Å². The molecular weight excluding hydrogens is 425 g/mol. The van der Waals surface area contributed by atoms with Gasteiger partial charge in [0.15, 0.2) is 5.78 Å². The number of carbonyl (C=O) groups is 1. The molecule has 0 fully saturated rings. The van der Waals surface area contributed by atoms with Gasteiger partial charge >= 0.3 is 0 Å². The summed E-state index contributed by atoms with van der Waals surface area (Å²) >= 11 is 2.03. The highest BCUT2D eigenvalue weighted by atomic mass is 127. The van der Waals surface area contributed by atoms with Crippen LogP contribution in [-0.4, -0.2) is 31.6 Å². The lowest BCUT2D eigenvalue weighted by atomic mass is 9.97. The Morgan fingerprint density at radius 3 is 2.39 bits per heavy atom. The van der Waals surface area contributed by atoms with Crippen molar-refractivity contribution in [3.8, 4) is 0 Å². The van der Waals surface area contributed by atoms with Gasteiger partial charge in [0.05, 0.1) is 4.90 Å². The quantitative estimate of drug-likeness (QED) is 0.632. The van der Waals surface area contributed by atoms with Gasteiger partial charge in [0, 0.05) is 24.9 Å². The molecular formula is C17H20INO3S. The van der Waals surface area contributed by atoms with Crippen molar-refractivity contribution in [1.82, 2.24) is 4.31 Å². The van der Waals surface area contributed by atoms with E-state index in [1.54, 1.807) is 36.4 Å². The van der Waals surface area contributed by atoms with Gasteiger partial charge < -0.3 is 0 Å². The van der Waals surface area contributed by atoms with Crippen molar-refractivity contribution in [3.63, 3.8) is 0 Å². The maximum absolute atomic E-state index is 12.9. The molecule has 1 aliphatic carbocycles. The molecule has 6 heteroatoms. The minimum absolute atomic E-state index is 0.0518. The lowest BCUT2D eigenvalue weighted by molar-refractivity contribution is -0.117. The highest BCUT2D eigenvalue weighted by molar-refractivity contribution is 14.1. The van der Waals surface area contributed by atoms with Gasteiger partial charge in [0.25, 0.3) is 0 Å². The molecule has 1 aliphatic rings. The van der Waals surface area contributed by atoms with Crippen molar-refractivity contribution in [2.75, 3.05) is 13.1 Å². The molecule has 0 saturated heterocycles. The molecule has 0 radical (unpaired) electrons. The van der Waals surface area contributed by atoms with Crippen molar-refractivity contribution in [2.24, 2.45) is 11.8 Å². The summed E-state index contributed by atoms with van der Waals surface area (Å²) in [6.07, 6.45) is 3.35. The first kappa shape index (κ1) is 18.4. The average Bonchev–Trinajstić information content (AvgIpc) is 2.78. The van der Waals surface area contributed by atoms with E-state index in [9.17, 15) is 13.2 Å². The first-order valence-corrected chi connectivity index (χ1v) is 9.86. The number of nitrogens with zero attached hydrogens (tertiary/aromatic N) is 1. The summed E-state index contributed by atoms with van der Waals surface area (Å²) in [5.74, 6) is -0.234. The number of allylic oxidation sites excluding steroid dienone is 1. The second-order valence-electron chi connectivity index (χ2n) is 5.84. The van der Waals surface area contributed by atoms with Crippen LogP contribution >= 0.6 is 22.6 Å². The van der Waals surface area contributed by atoms with Crippen molar-refractivity contribution in [1.29, 1.82) is 0 Å². The molecule has 4 nitrogen and oxygen atoms in total. The number of hydrogen-bond acceptors (Lipinski definition) is 3. The van der Waals surface area contributed by atoms with Crippen LogP contribution in [0.2, 0.25) is 0 Å². The Kier molecular flexibility index (Phi) is 5.80. The van der Waals surface area contributed by atoms with Crippen LogP contribution in [0.5, 0.6) is 0 Å². The minimum Gasteiger partial charge on any atom is -0.295 e. The first-order chi connectivity index (χ1) is 10.7. The zero-order chi connectivity index (χ0) is 17.2. The number of sulfonamides is 1. The van der Waals surface area contributed by atoms with Crippen molar-refractivity contribution >= 4 is 38.4 Å². The second-order valence-corrected chi connectivity index (χ2v) is 9.31. The molecule has 2 atom stereocenters. The van der Waals surface area contributed by atoms with Gasteiger partial charge in [-0.3, -0.25) is 4.79 Å². The van der Waals surface area contributed by atoms with Gasteiger partial charge in [-0.2, -0.15) is 4.31 Å². The molecule has 124 valence electrons. The third-order valence-corrected chi connectivity index (χ3v) is 6.19. The van der Waals surface area contributed by atoms with E-state index in [2.05, 4.69) is 6.58 Å².